The van der Waals surface area contributed by atoms with E-state index >= 15 is 0 Å². The van der Waals surface area contributed by atoms with Crippen LogP contribution < -0.4 is 0 Å². The van der Waals surface area contributed by atoms with Crippen LogP contribution in [0.3, 0.4) is 0 Å². The Labute approximate surface area is 128 Å². The molecule has 0 aliphatic rings. The quantitative estimate of drug-likeness (QED) is 0.687. The van der Waals surface area contributed by atoms with Crippen LogP contribution in [0.2, 0.25) is 25.7 Å². The molecule has 0 spiro atoms. The summed E-state index contributed by atoms with van der Waals surface area (Å²) in [6.07, 6.45) is 0.437. The summed E-state index contributed by atoms with van der Waals surface area (Å²) in [6, 6.07) is 3.01. The van der Waals surface area contributed by atoms with Gasteiger partial charge in [-0.05, 0) is 20.8 Å². The van der Waals surface area contributed by atoms with E-state index in [9.17, 15) is 10.4 Å². The maximum Gasteiger partial charge on any atom is 0.178 e. The van der Waals surface area contributed by atoms with Crippen LogP contribution in [-0.4, -0.2) is 28.6 Å². The van der Waals surface area contributed by atoms with Crippen molar-refractivity contribution in [1.29, 1.82) is 5.26 Å². The molecule has 1 rings (SSSR count). The molecule has 0 atom stereocenters. The van der Waals surface area contributed by atoms with Gasteiger partial charge in [-0.15, -0.1) is 5.92 Å². The van der Waals surface area contributed by atoms with Crippen molar-refractivity contribution in [3.05, 3.63) is 17.0 Å². The van der Waals surface area contributed by atoms with E-state index < -0.39 is 13.7 Å². The van der Waals surface area contributed by atoms with E-state index in [-0.39, 0.29) is 0 Å². The third-order valence-electron chi connectivity index (χ3n) is 2.90. The summed E-state index contributed by atoms with van der Waals surface area (Å²) in [5, 5.41) is 23.6. The molecule has 0 amide bonds. The first-order valence-corrected chi connectivity index (χ1v) is 11.0. The molecule has 1 N–H and O–H groups in total. The molecule has 0 radical (unpaired) electrons. The first kappa shape index (κ1) is 17.5. The zero-order chi connectivity index (χ0) is 16.3. The number of nitriles is 1. The maximum atomic E-state index is 10.1. The van der Waals surface area contributed by atoms with Gasteiger partial charge in [0.15, 0.2) is 5.69 Å². The molecule has 5 heteroatoms. The van der Waals surface area contributed by atoms with Crippen molar-refractivity contribution in [3.8, 4) is 17.9 Å². The number of rotatable bonds is 4. The third kappa shape index (κ3) is 5.38. The molecule has 114 valence electrons. The lowest BCUT2D eigenvalue weighted by Crippen LogP contribution is -2.24. The van der Waals surface area contributed by atoms with E-state index in [1.165, 1.54) is 0 Å². The zero-order valence-electron chi connectivity index (χ0n) is 13.9. The number of hydrogen-bond donors (Lipinski definition) is 1. The molecule has 0 aliphatic carbocycles. The lowest BCUT2D eigenvalue weighted by Gasteiger charge is -2.18. The van der Waals surface area contributed by atoms with Gasteiger partial charge in [0.05, 0.1) is 24.9 Å². The summed E-state index contributed by atoms with van der Waals surface area (Å²) in [6.45, 7) is 12.9. The van der Waals surface area contributed by atoms with Crippen molar-refractivity contribution in [2.24, 2.45) is 0 Å². The van der Waals surface area contributed by atoms with Gasteiger partial charge in [-0.1, -0.05) is 25.6 Å². The Morgan fingerprint density at radius 1 is 1.33 bits per heavy atom. The molecular formula is C16H25N3OSi. The van der Waals surface area contributed by atoms with Crippen LogP contribution >= 0.6 is 0 Å². The molecule has 4 nitrogen and oxygen atoms in total. The van der Waals surface area contributed by atoms with Crippen molar-refractivity contribution < 1.29 is 5.11 Å². The number of hydrogen-bond acceptors (Lipinski definition) is 3. The van der Waals surface area contributed by atoms with Gasteiger partial charge >= 0.3 is 0 Å². The molecule has 0 unspecified atom stereocenters. The second kappa shape index (κ2) is 6.47. The zero-order valence-corrected chi connectivity index (χ0v) is 14.9. The van der Waals surface area contributed by atoms with Gasteiger partial charge in [0.1, 0.15) is 6.07 Å². The molecule has 21 heavy (non-hydrogen) atoms. The van der Waals surface area contributed by atoms with Gasteiger partial charge in [-0.25, -0.2) is 0 Å². The minimum absolute atomic E-state index is 0.360. The summed E-state index contributed by atoms with van der Waals surface area (Å²) >= 11 is 0. The average Bonchev–Trinajstić information content (AvgIpc) is 2.63. The van der Waals surface area contributed by atoms with Gasteiger partial charge in [0.25, 0.3) is 0 Å². The Bertz CT molecular complexity index is 601. The Balaban J connectivity index is 3.28. The van der Waals surface area contributed by atoms with Gasteiger partial charge < -0.3 is 5.11 Å². The van der Waals surface area contributed by atoms with E-state index in [2.05, 4.69) is 42.6 Å². The Morgan fingerprint density at radius 3 is 2.38 bits per heavy atom. The van der Waals surface area contributed by atoms with E-state index in [4.69, 9.17) is 0 Å². The molecule has 0 saturated carbocycles. The van der Waals surface area contributed by atoms with Crippen LogP contribution in [0, 0.1) is 23.2 Å². The van der Waals surface area contributed by atoms with Crippen molar-refractivity contribution in [2.45, 2.75) is 65.0 Å². The highest BCUT2D eigenvalue weighted by molar-refractivity contribution is 6.76. The summed E-state index contributed by atoms with van der Waals surface area (Å²) in [5.74, 6) is 6.34. The van der Waals surface area contributed by atoms with E-state index in [1.807, 2.05) is 6.92 Å². The van der Waals surface area contributed by atoms with Crippen LogP contribution in [0.4, 0.5) is 0 Å². The normalized spacial score (nSPS) is 11.7. The standard InChI is InChI=1S/C16H25N3OSi/c1-7-19-15(11-16(2,3)20)13(14(12-17)18-19)9-8-10-21(4,5)6/h20H,7,10-11H2,1-6H3. The highest BCUT2D eigenvalue weighted by atomic mass is 28.3. The molecule has 1 aromatic rings. The Morgan fingerprint density at radius 2 is 1.95 bits per heavy atom. The fourth-order valence-corrected chi connectivity index (χ4v) is 2.57. The lowest BCUT2D eigenvalue weighted by molar-refractivity contribution is 0.0786. The van der Waals surface area contributed by atoms with E-state index in [0.717, 1.165) is 11.7 Å². The molecule has 1 aromatic heterocycles. The highest BCUT2D eigenvalue weighted by Gasteiger charge is 2.22. The predicted molar refractivity (Wildman–Crippen MR) is 87.6 cm³/mol. The topological polar surface area (TPSA) is 61.8 Å². The maximum absolute atomic E-state index is 10.1. The largest absolute Gasteiger partial charge is 0.390 e. The molecule has 0 aliphatic heterocycles. The minimum atomic E-state index is -1.24. The summed E-state index contributed by atoms with van der Waals surface area (Å²) in [5.41, 5.74) is 1.04. The van der Waals surface area contributed by atoms with Crippen LogP contribution in [0.15, 0.2) is 0 Å². The van der Waals surface area contributed by atoms with Gasteiger partial charge in [-0.2, -0.15) is 10.4 Å². The monoisotopic (exact) mass is 303 g/mol. The van der Waals surface area contributed by atoms with Crippen LogP contribution in [-0.2, 0) is 13.0 Å². The SMILES string of the molecule is CCn1nc(C#N)c(C#CC[Si](C)(C)C)c1CC(C)(C)O. The number of aromatic nitrogens is 2. The summed E-state index contributed by atoms with van der Waals surface area (Å²) in [4.78, 5) is 0. The predicted octanol–water partition coefficient (Wildman–Crippen LogP) is 2.78. The summed E-state index contributed by atoms with van der Waals surface area (Å²) in [7, 11) is -1.24. The lowest BCUT2D eigenvalue weighted by atomic mass is 9.99. The first-order valence-electron chi connectivity index (χ1n) is 7.28. The van der Waals surface area contributed by atoms with Gasteiger partial charge in [-0.3, -0.25) is 4.68 Å². The molecule has 0 saturated heterocycles. The van der Waals surface area contributed by atoms with E-state index in [1.54, 1.807) is 18.5 Å². The van der Waals surface area contributed by atoms with Crippen molar-refractivity contribution in [3.63, 3.8) is 0 Å². The van der Waals surface area contributed by atoms with Crippen molar-refractivity contribution >= 4 is 8.07 Å². The minimum Gasteiger partial charge on any atom is -0.390 e. The number of nitrogens with zero attached hydrogens (tertiary/aromatic N) is 3. The number of aliphatic hydroxyl groups is 1. The van der Waals surface area contributed by atoms with Crippen molar-refractivity contribution in [1.82, 2.24) is 9.78 Å². The Kier molecular flexibility index (Phi) is 5.39. The van der Waals surface area contributed by atoms with Crippen LogP contribution in [0.5, 0.6) is 0 Å². The van der Waals surface area contributed by atoms with Crippen molar-refractivity contribution in [2.75, 3.05) is 0 Å². The van der Waals surface area contributed by atoms with Crippen LogP contribution in [0.25, 0.3) is 0 Å². The molecular weight excluding hydrogens is 278 g/mol. The smallest absolute Gasteiger partial charge is 0.178 e. The fourth-order valence-electron chi connectivity index (χ4n) is 1.96. The number of aryl methyl sites for hydroxylation is 1. The third-order valence-corrected chi connectivity index (χ3v) is 4.13. The second-order valence-electron chi connectivity index (χ2n) is 7.13. The molecule has 0 bridgehead atoms. The second-order valence-corrected chi connectivity index (χ2v) is 12.6. The average molecular weight is 303 g/mol. The first-order chi connectivity index (χ1) is 9.57. The Hall–Kier alpha value is -1.56. The van der Waals surface area contributed by atoms with Gasteiger partial charge in [0.2, 0.25) is 0 Å². The molecule has 0 fully saturated rings. The van der Waals surface area contributed by atoms with Crippen LogP contribution in [0.1, 0.15) is 37.7 Å². The fraction of sp³-hybridized carbons (Fsp3) is 0.625. The molecule has 1 heterocycles. The summed E-state index contributed by atoms with van der Waals surface area (Å²) < 4.78 is 1.77. The van der Waals surface area contributed by atoms with E-state index in [0.29, 0.717) is 24.2 Å². The molecule has 0 aromatic carbocycles. The van der Waals surface area contributed by atoms with Gasteiger partial charge in [0, 0.05) is 19.0 Å². The highest BCUT2D eigenvalue weighted by Crippen LogP contribution is 2.19.